The average molecular weight is 420 g/mol. The molecule has 1 aromatic carbocycles. The van der Waals surface area contributed by atoms with Crippen LogP contribution in [0.2, 0.25) is 0 Å². The number of piperidine rings is 1. The van der Waals surface area contributed by atoms with Crippen molar-refractivity contribution in [3.05, 3.63) is 42.4 Å². The highest BCUT2D eigenvalue weighted by Gasteiger charge is 2.33. The third kappa shape index (κ3) is 4.11. The Hall–Kier alpha value is -2.52. The maximum Gasteiger partial charge on any atom is 0.267 e. The van der Waals surface area contributed by atoms with Crippen LogP contribution < -0.4 is 9.47 Å². The lowest BCUT2D eigenvalue weighted by atomic mass is 10.1. The zero-order valence-electron chi connectivity index (χ0n) is 16.2. The fourth-order valence-corrected chi connectivity index (χ4v) is 4.69. The Morgan fingerprint density at radius 1 is 1.17 bits per heavy atom. The largest absolute Gasteiger partial charge is 0.485 e. The van der Waals surface area contributed by atoms with Crippen molar-refractivity contribution in [3.63, 3.8) is 0 Å². The van der Waals surface area contributed by atoms with Crippen molar-refractivity contribution in [2.45, 2.75) is 36.8 Å². The summed E-state index contributed by atoms with van der Waals surface area (Å²) in [6.45, 7) is 1.67. The number of sulfonamides is 1. The number of hydrogen-bond donors (Lipinski definition) is 0. The number of nitrogens with zero attached hydrogens (tertiary/aromatic N) is 2. The van der Waals surface area contributed by atoms with E-state index in [1.54, 1.807) is 18.2 Å². The fraction of sp³-hybridized carbons (Fsp3) is 0.450. The van der Waals surface area contributed by atoms with Crippen LogP contribution >= 0.6 is 0 Å². The molecule has 2 aliphatic rings. The quantitative estimate of drug-likeness (QED) is 0.737. The van der Waals surface area contributed by atoms with E-state index in [0.29, 0.717) is 17.3 Å². The molecule has 0 spiro atoms. The molecule has 1 atom stereocenters. The van der Waals surface area contributed by atoms with E-state index < -0.39 is 16.1 Å². The topological polar surface area (TPSA) is 89.3 Å². The van der Waals surface area contributed by atoms with Crippen LogP contribution in [-0.2, 0) is 21.4 Å². The van der Waals surface area contributed by atoms with Crippen LogP contribution in [0.3, 0.4) is 0 Å². The van der Waals surface area contributed by atoms with Crippen molar-refractivity contribution in [1.82, 2.24) is 9.21 Å². The molecule has 2 aromatic rings. The number of fused-ring (bicyclic) bond motifs is 1. The molecule has 0 aliphatic carbocycles. The molecule has 4 rings (SSSR count). The van der Waals surface area contributed by atoms with Gasteiger partial charge in [0, 0.05) is 26.2 Å². The lowest BCUT2D eigenvalue weighted by Crippen LogP contribution is -2.48. The van der Waals surface area contributed by atoms with E-state index >= 15 is 0 Å². The minimum Gasteiger partial charge on any atom is -0.485 e. The van der Waals surface area contributed by atoms with Gasteiger partial charge >= 0.3 is 0 Å². The van der Waals surface area contributed by atoms with Gasteiger partial charge in [0.1, 0.15) is 12.4 Å². The second-order valence-electron chi connectivity index (χ2n) is 7.25. The molecule has 2 aliphatic heterocycles. The van der Waals surface area contributed by atoms with E-state index in [1.807, 2.05) is 4.90 Å². The van der Waals surface area contributed by atoms with E-state index in [9.17, 15) is 13.2 Å². The second kappa shape index (κ2) is 8.08. The molecule has 0 N–H and O–H groups in total. The lowest BCUT2D eigenvalue weighted by molar-refractivity contribution is -0.142. The molecule has 3 heterocycles. The second-order valence-corrected chi connectivity index (χ2v) is 9.30. The van der Waals surface area contributed by atoms with Gasteiger partial charge in [-0.2, -0.15) is 4.31 Å². The number of hydrogen-bond acceptors (Lipinski definition) is 6. The Balaban J connectivity index is 1.47. The van der Waals surface area contributed by atoms with Crippen LogP contribution in [0.4, 0.5) is 0 Å². The van der Waals surface area contributed by atoms with Gasteiger partial charge in [0.2, 0.25) is 16.1 Å². The molecule has 0 unspecified atom stereocenters. The normalized spacial score (nSPS) is 19.4. The first-order valence-electron chi connectivity index (χ1n) is 9.66. The van der Waals surface area contributed by atoms with Crippen molar-refractivity contribution >= 4 is 15.9 Å². The third-order valence-corrected chi connectivity index (χ3v) is 6.98. The van der Waals surface area contributed by atoms with Crippen molar-refractivity contribution in [2.24, 2.45) is 0 Å². The van der Waals surface area contributed by atoms with E-state index in [1.165, 1.54) is 29.7 Å². The monoisotopic (exact) mass is 420 g/mol. The Morgan fingerprint density at radius 3 is 2.69 bits per heavy atom. The van der Waals surface area contributed by atoms with Crippen LogP contribution in [0, 0.1) is 0 Å². The minimum absolute atomic E-state index is 0.0636. The van der Waals surface area contributed by atoms with Crippen LogP contribution in [0.15, 0.2) is 45.9 Å². The number of ether oxygens (including phenoxy) is 2. The summed E-state index contributed by atoms with van der Waals surface area (Å²) < 4.78 is 43.6. The standard InChI is InChI=1S/C20H24N2O6S/c1-21(13-15-6-5-11-26-15)29(24,25)16-7-8-17-18(12-16)27-14-19(28-17)20(23)22-9-3-2-4-10-22/h5-8,11-12,19H,2-4,9-10,13-14H2,1H3/t19-/m1/s1. The molecule has 0 bridgehead atoms. The molecule has 1 fully saturated rings. The molecule has 156 valence electrons. The van der Waals surface area contributed by atoms with Crippen molar-refractivity contribution in [3.8, 4) is 11.5 Å². The highest BCUT2D eigenvalue weighted by Crippen LogP contribution is 2.35. The van der Waals surface area contributed by atoms with Crippen LogP contribution in [0.25, 0.3) is 0 Å². The number of likely N-dealkylation sites (tertiary alicyclic amines) is 1. The van der Waals surface area contributed by atoms with Gasteiger partial charge in [0.25, 0.3) is 5.91 Å². The van der Waals surface area contributed by atoms with Crippen LogP contribution in [0.5, 0.6) is 11.5 Å². The summed E-state index contributed by atoms with van der Waals surface area (Å²) in [5, 5.41) is 0. The number of benzene rings is 1. The van der Waals surface area contributed by atoms with Crippen molar-refractivity contribution < 1.29 is 27.1 Å². The predicted octanol–water partition coefficient (Wildman–Crippen LogP) is 2.25. The molecule has 9 heteroatoms. The smallest absolute Gasteiger partial charge is 0.267 e. The van der Waals surface area contributed by atoms with Gasteiger partial charge in [-0.3, -0.25) is 4.79 Å². The zero-order chi connectivity index (χ0) is 20.4. The summed E-state index contributed by atoms with van der Waals surface area (Å²) in [5.74, 6) is 1.16. The van der Waals surface area contributed by atoms with E-state index in [-0.39, 0.29) is 24.0 Å². The first kappa shape index (κ1) is 19.8. The van der Waals surface area contributed by atoms with E-state index in [0.717, 1.165) is 32.4 Å². The summed E-state index contributed by atoms with van der Waals surface area (Å²) in [7, 11) is -2.24. The maximum absolute atomic E-state index is 12.9. The summed E-state index contributed by atoms with van der Waals surface area (Å²) in [6, 6.07) is 7.87. The number of amides is 1. The Labute approximate surface area is 170 Å². The molecular weight excluding hydrogens is 396 g/mol. The summed E-state index contributed by atoms with van der Waals surface area (Å²) >= 11 is 0. The number of furan rings is 1. The predicted molar refractivity (Wildman–Crippen MR) is 104 cm³/mol. The zero-order valence-corrected chi connectivity index (χ0v) is 17.1. The Bertz CT molecular complexity index is 967. The molecule has 0 radical (unpaired) electrons. The molecule has 1 saturated heterocycles. The van der Waals surface area contributed by atoms with E-state index in [4.69, 9.17) is 13.9 Å². The third-order valence-electron chi connectivity index (χ3n) is 5.18. The Morgan fingerprint density at radius 2 is 1.97 bits per heavy atom. The molecule has 29 heavy (non-hydrogen) atoms. The van der Waals surface area contributed by atoms with Gasteiger partial charge in [-0.05, 0) is 43.5 Å². The molecule has 8 nitrogen and oxygen atoms in total. The van der Waals surface area contributed by atoms with Crippen LogP contribution in [-0.4, -0.2) is 56.4 Å². The van der Waals surface area contributed by atoms with Crippen LogP contribution in [0.1, 0.15) is 25.0 Å². The highest BCUT2D eigenvalue weighted by molar-refractivity contribution is 7.89. The van der Waals surface area contributed by atoms with Crippen molar-refractivity contribution in [2.75, 3.05) is 26.7 Å². The first-order chi connectivity index (χ1) is 13.9. The maximum atomic E-state index is 12.9. The number of rotatable bonds is 5. The average Bonchev–Trinajstić information content (AvgIpc) is 3.26. The van der Waals surface area contributed by atoms with Gasteiger partial charge in [-0.15, -0.1) is 0 Å². The first-order valence-corrected chi connectivity index (χ1v) is 11.1. The van der Waals surface area contributed by atoms with Crippen molar-refractivity contribution in [1.29, 1.82) is 0 Å². The van der Waals surface area contributed by atoms with Gasteiger partial charge in [0.05, 0.1) is 17.7 Å². The minimum atomic E-state index is -3.73. The SMILES string of the molecule is CN(Cc1ccco1)S(=O)(=O)c1ccc2c(c1)OC[C@H](C(=O)N1CCCCC1)O2. The van der Waals surface area contributed by atoms with Gasteiger partial charge in [-0.25, -0.2) is 8.42 Å². The van der Waals surface area contributed by atoms with Gasteiger partial charge < -0.3 is 18.8 Å². The highest BCUT2D eigenvalue weighted by atomic mass is 32.2. The molecule has 0 saturated carbocycles. The van der Waals surface area contributed by atoms with E-state index in [2.05, 4.69) is 0 Å². The molecular formula is C20H24N2O6S. The fourth-order valence-electron chi connectivity index (χ4n) is 3.54. The van der Waals surface area contributed by atoms with Gasteiger partial charge in [-0.1, -0.05) is 0 Å². The molecule has 1 aromatic heterocycles. The number of carbonyl (C=O) groups excluding carboxylic acids is 1. The summed E-state index contributed by atoms with van der Waals surface area (Å²) in [4.78, 5) is 14.5. The number of carbonyl (C=O) groups is 1. The summed E-state index contributed by atoms with van der Waals surface area (Å²) in [6.07, 6.45) is 3.94. The molecule has 1 amide bonds. The summed E-state index contributed by atoms with van der Waals surface area (Å²) in [5.41, 5.74) is 0. The lowest BCUT2D eigenvalue weighted by Gasteiger charge is -2.32. The van der Waals surface area contributed by atoms with Gasteiger partial charge in [0.15, 0.2) is 11.5 Å². The Kier molecular flexibility index (Phi) is 5.51.